The lowest BCUT2D eigenvalue weighted by molar-refractivity contribution is 0.257. The molecule has 0 spiro atoms. The van der Waals surface area contributed by atoms with Crippen molar-refractivity contribution in [2.24, 2.45) is 7.05 Å². The summed E-state index contributed by atoms with van der Waals surface area (Å²) in [7, 11) is 1.59. The zero-order valence-electron chi connectivity index (χ0n) is 16.5. The fourth-order valence-corrected chi connectivity index (χ4v) is 3.45. The number of aromatic nitrogens is 4. The second kappa shape index (κ2) is 8.52. The molecule has 0 aliphatic carbocycles. The molecule has 0 aliphatic rings. The van der Waals surface area contributed by atoms with Crippen molar-refractivity contribution in [1.82, 2.24) is 24.0 Å². The molecule has 1 aromatic carbocycles. The number of fused-ring (bicyclic) bond motifs is 1. The topological polar surface area (TPSA) is 75.9 Å². The van der Waals surface area contributed by atoms with E-state index in [2.05, 4.69) is 28.7 Å². The van der Waals surface area contributed by atoms with Crippen molar-refractivity contribution in [1.29, 1.82) is 0 Å². The SMILES string of the molecule is CCCN(CCC)Cc1nc2c(c(=O)[nH]c(=O)n2C)n1Cc1ccc(F)cc1. The number of hydrogen-bond acceptors (Lipinski definition) is 4. The molecule has 0 unspecified atom stereocenters. The third-order valence-corrected chi connectivity index (χ3v) is 4.78. The molecule has 8 heteroatoms. The Hall–Kier alpha value is -2.74. The molecular formula is C20H26FN5O2. The van der Waals surface area contributed by atoms with E-state index in [0.29, 0.717) is 30.1 Å². The molecule has 0 aliphatic heterocycles. The molecule has 3 aromatic rings. The first kappa shape index (κ1) is 20.0. The van der Waals surface area contributed by atoms with E-state index >= 15 is 0 Å². The Bertz CT molecular complexity index is 1060. The van der Waals surface area contributed by atoms with Crippen molar-refractivity contribution < 1.29 is 4.39 Å². The van der Waals surface area contributed by atoms with Crippen LogP contribution in [0.4, 0.5) is 4.39 Å². The van der Waals surface area contributed by atoms with Crippen molar-refractivity contribution >= 4 is 11.2 Å². The lowest BCUT2D eigenvalue weighted by Crippen LogP contribution is -2.29. The number of nitrogens with one attached hydrogen (secondary N) is 1. The van der Waals surface area contributed by atoms with Gasteiger partial charge in [-0.3, -0.25) is 19.2 Å². The Morgan fingerprint density at radius 3 is 2.36 bits per heavy atom. The molecule has 0 fully saturated rings. The van der Waals surface area contributed by atoms with Gasteiger partial charge < -0.3 is 4.57 Å². The Morgan fingerprint density at radius 2 is 1.75 bits per heavy atom. The van der Waals surface area contributed by atoms with Gasteiger partial charge >= 0.3 is 5.69 Å². The highest BCUT2D eigenvalue weighted by atomic mass is 19.1. The first-order chi connectivity index (χ1) is 13.4. The highest BCUT2D eigenvalue weighted by Crippen LogP contribution is 2.16. The van der Waals surface area contributed by atoms with Crippen LogP contribution in [0.2, 0.25) is 0 Å². The van der Waals surface area contributed by atoms with Crippen LogP contribution in [0.15, 0.2) is 33.9 Å². The fourth-order valence-electron chi connectivity index (χ4n) is 3.45. The average Bonchev–Trinajstić information content (AvgIpc) is 3.01. The number of aromatic amines is 1. The maximum absolute atomic E-state index is 13.3. The zero-order chi connectivity index (χ0) is 20.3. The third kappa shape index (κ3) is 4.06. The average molecular weight is 387 g/mol. The first-order valence-electron chi connectivity index (χ1n) is 9.59. The van der Waals surface area contributed by atoms with Gasteiger partial charge in [0.1, 0.15) is 11.6 Å². The molecule has 0 amide bonds. The molecule has 0 bridgehead atoms. The molecular weight excluding hydrogens is 361 g/mol. The molecule has 3 rings (SSSR count). The lowest BCUT2D eigenvalue weighted by Gasteiger charge is -2.21. The van der Waals surface area contributed by atoms with E-state index in [-0.39, 0.29) is 5.82 Å². The van der Waals surface area contributed by atoms with E-state index in [0.717, 1.165) is 31.5 Å². The summed E-state index contributed by atoms with van der Waals surface area (Å²) in [6.45, 7) is 7.04. The van der Waals surface area contributed by atoms with Crippen LogP contribution in [-0.2, 0) is 20.1 Å². The van der Waals surface area contributed by atoms with Crippen molar-refractivity contribution in [3.05, 3.63) is 62.3 Å². The quantitative estimate of drug-likeness (QED) is 0.643. The summed E-state index contributed by atoms with van der Waals surface area (Å²) in [6, 6.07) is 6.18. The first-order valence-corrected chi connectivity index (χ1v) is 9.59. The van der Waals surface area contributed by atoms with Gasteiger partial charge in [-0.25, -0.2) is 14.2 Å². The normalized spacial score (nSPS) is 11.6. The minimum absolute atomic E-state index is 0.309. The molecule has 0 saturated heterocycles. The minimum atomic E-state index is -0.491. The summed E-state index contributed by atoms with van der Waals surface area (Å²) in [5.74, 6) is 0.407. The number of nitrogens with zero attached hydrogens (tertiary/aromatic N) is 4. The fraction of sp³-hybridized carbons (Fsp3) is 0.450. The smallest absolute Gasteiger partial charge is 0.317 e. The number of halogens is 1. The van der Waals surface area contributed by atoms with Crippen LogP contribution in [0.1, 0.15) is 38.1 Å². The Kier molecular flexibility index (Phi) is 6.08. The van der Waals surface area contributed by atoms with Crippen LogP contribution in [0, 0.1) is 5.82 Å². The summed E-state index contributed by atoms with van der Waals surface area (Å²) >= 11 is 0. The van der Waals surface area contributed by atoms with Gasteiger partial charge in [-0.05, 0) is 43.6 Å². The van der Waals surface area contributed by atoms with Gasteiger partial charge in [-0.2, -0.15) is 0 Å². The van der Waals surface area contributed by atoms with Crippen LogP contribution in [-0.4, -0.2) is 37.1 Å². The van der Waals surface area contributed by atoms with Gasteiger partial charge in [0.15, 0.2) is 11.2 Å². The second-order valence-corrected chi connectivity index (χ2v) is 7.01. The standard InChI is InChI=1S/C20H26FN5O2/c1-4-10-25(11-5-2)13-16-22-18-17(19(27)23-20(28)24(18)3)26(16)12-14-6-8-15(21)9-7-14/h6-9H,4-5,10-13H2,1-3H3,(H,23,27,28). The van der Waals surface area contributed by atoms with Gasteiger partial charge in [-0.1, -0.05) is 26.0 Å². The molecule has 1 N–H and O–H groups in total. The summed E-state index contributed by atoms with van der Waals surface area (Å²) < 4.78 is 16.5. The summed E-state index contributed by atoms with van der Waals surface area (Å²) in [5, 5.41) is 0. The Balaban J connectivity index is 2.13. The van der Waals surface area contributed by atoms with Crippen LogP contribution < -0.4 is 11.2 Å². The van der Waals surface area contributed by atoms with E-state index in [1.165, 1.54) is 16.7 Å². The monoisotopic (exact) mass is 387 g/mol. The van der Waals surface area contributed by atoms with Crippen molar-refractivity contribution in [3.63, 3.8) is 0 Å². The number of H-pyrrole nitrogens is 1. The highest BCUT2D eigenvalue weighted by molar-refractivity contribution is 5.71. The molecule has 0 saturated carbocycles. The number of imidazole rings is 1. The number of benzene rings is 1. The number of aryl methyl sites for hydroxylation is 1. The Morgan fingerprint density at radius 1 is 1.11 bits per heavy atom. The van der Waals surface area contributed by atoms with Crippen molar-refractivity contribution in [2.75, 3.05) is 13.1 Å². The van der Waals surface area contributed by atoms with Gasteiger partial charge in [-0.15, -0.1) is 0 Å². The predicted octanol–water partition coefficient (Wildman–Crippen LogP) is 2.23. The van der Waals surface area contributed by atoms with E-state index in [1.54, 1.807) is 19.2 Å². The predicted molar refractivity (Wildman–Crippen MR) is 107 cm³/mol. The van der Waals surface area contributed by atoms with Crippen molar-refractivity contribution in [3.8, 4) is 0 Å². The van der Waals surface area contributed by atoms with E-state index in [1.807, 2.05) is 4.57 Å². The Labute approximate surface area is 162 Å². The van der Waals surface area contributed by atoms with Gasteiger partial charge in [0.25, 0.3) is 5.56 Å². The van der Waals surface area contributed by atoms with E-state index in [4.69, 9.17) is 0 Å². The van der Waals surface area contributed by atoms with E-state index < -0.39 is 11.2 Å². The summed E-state index contributed by atoms with van der Waals surface area (Å²) in [5.41, 5.74) is 0.617. The minimum Gasteiger partial charge on any atom is -0.317 e. The molecule has 0 atom stereocenters. The molecule has 0 radical (unpaired) electrons. The molecule has 7 nitrogen and oxygen atoms in total. The van der Waals surface area contributed by atoms with Crippen LogP contribution in [0.5, 0.6) is 0 Å². The maximum Gasteiger partial charge on any atom is 0.329 e. The molecule has 2 heterocycles. The largest absolute Gasteiger partial charge is 0.329 e. The lowest BCUT2D eigenvalue weighted by atomic mass is 10.2. The highest BCUT2D eigenvalue weighted by Gasteiger charge is 2.19. The number of hydrogen-bond donors (Lipinski definition) is 1. The van der Waals surface area contributed by atoms with E-state index in [9.17, 15) is 14.0 Å². The molecule has 2 aromatic heterocycles. The van der Waals surface area contributed by atoms with Crippen LogP contribution in [0.25, 0.3) is 11.2 Å². The van der Waals surface area contributed by atoms with Crippen molar-refractivity contribution in [2.45, 2.75) is 39.8 Å². The molecule has 28 heavy (non-hydrogen) atoms. The molecule has 150 valence electrons. The summed E-state index contributed by atoms with van der Waals surface area (Å²) in [4.78, 5) is 33.8. The summed E-state index contributed by atoms with van der Waals surface area (Å²) in [6.07, 6.45) is 2.02. The van der Waals surface area contributed by atoms with Gasteiger partial charge in [0.2, 0.25) is 0 Å². The van der Waals surface area contributed by atoms with Gasteiger partial charge in [0.05, 0.1) is 6.54 Å². The second-order valence-electron chi connectivity index (χ2n) is 7.01. The van der Waals surface area contributed by atoms with Gasteiger partial charge in [0, 0.05) is 13.6 Å². The third-order valence-electron chi connectivity index (χ3n) is 4.78. The maximum atomic E-state index is 13.3. The van der Waals surface area contributed by atoms with Crippen LogP contribution in [0.3, 0.4) is 0 Å². The zero-order valence-corrected chi connectivity index (χ0v) is 16.5. The number of rotatable bonds is 8. The van der Waals surface area contributed by atoms with Crippen LogP contribution >= 0.6 is 0 Å².